The summed E-state index contributed by atoms with van der Waals surface area (Å²) in [6.07, 6.45) is -0.380. The Morgan fingerprint density at radius 2 is 2.06 bits per heavy atom. The third kappa shape index (κ3) is 4.17. The predicted molar refractivity (Wildman–Crippen MR) is 120 cm³/mol. The Labute approximate surface area is 202 Å². The van der Waals surface area contributed by atoms with Crippen molar-refractivity contribution in [1.29, 1.82) is 0 Å². The molecule has 1 aliphatic heterocycles. The molecule has 0 atom stereocenters. The number of nitrogens with zero attached hydrogens (tertiary/aromatic N) is 1. The van der Waals surface area contributed by atoms with E-state index in [1.807, 2.05) is 0 Å². The fourth-order valence-electron chi connectivity index (χ4n) is 3.29. The van der Waals surface area contributed by atoms with Gasteiger partial charge in [0, 0.05) is 12.0 Å². The number of ketones is 1. The summed E-state index contributed by atoms with van der Waals surface area (Å²) in [4.78, 5) is 25.3. The van der Waals surface area contributed by atoms with Gasteiger partial charge in [0.15, 0.2) is 17.3 Å². The van der Waals surface area contributed by atoms with Gasteiger partial charge in [-0.1, -0.05) is 16.8 Å². The maximum Gasteiger partial charge on any atom is 0.338 e. The van der Waals surface area contributed by atoms with Gasteiger partial charge in [0.25, 0.3) is 15.9 Å². The Kier molecular flexibility index (Phi) is 6.43. The normalized spacial score (nSPS) is 12.5. The number of thiophene rings is 1. The molecule has 4 rings (SSSR count). The first kappa shape index (κ1) is 23.9. The van der Waals surface area contributed by atoms with E-state index in [0.29, 0.717) is 5.69 Å². The molecule has 14 heteroatoms. The maximum atomic E-state index is 13.3. The highest BCUT2D eigenvalue weighted by Gasteiger charge is 2.32. The number of halogens is 1. The lowest BCUT2D eigenvalue weighted by Gasteiger charge is -2.15. The highest BCUT2D eigenvalue weighted by atomic mass is 35.5. The number of nitrogens with one attached hydrogen (secondary N) is 1. The second-order valence-electron chi connectivity index (χ2n) is 6.89. The van der Waals surface area contributed by atoms with E-state index in [-0.39, 0.29) is 62.3 Å². The second-order valence-corrected chi connectivity index (χ2v) is 9.84. The van der Waals surface area contributed by atoms with Crippen molar-refractivity contribution in [3.05, 3.63) is 44.2 Å². The van der Waals surface area contributed by atoms with Crippen molar-refractivity contribution >= 4 is 50.6 Å². The lowest BCUT2D eigenvalue weighted by Crippen LogP contribution is -2.17. The number of aromatic nitrogens is 1. The third-order valence-electron chi connectivity index (χ3n) is 4.86. The van der Waals surface area contributed by atoms with Gasteiger partial charge in [-0.25, -0.2) is 17.9 Å². The highest BCUT2D eigenvalue weighted by Crippen LogP contribution is 2.46. The fraction of sp³-hybridized carbons (Fsp3) is 0.250. The van der Waals surface area contributed by atoms with E-state index in [1.165, 1.54) is 31.7 Å². The van der Waals surface area contributed by atoms with Crippen LogP contribution in [0.25, 0.3) is 0 Å². The maximum absolute atomic E-state index is 13.3. The number of hydrogen-bond acceptors (Lipinski definition) is 11. The summed E-state index contributed by atoms with van der Waals surface area (Å²) in [6, 6.07) is 2.66. The van der Waals surface area contributed by atoms with Gasteiger partial charge in [0.05, 0.1) is 24.7 Å². The molecule has 1 N–H and O–H groups in total. The van der Waals surface area contributed by atoms with Crippen molar-refractivity contribution in [2.45, 2.75) is 18.2 Å². The minimum absolute atomic E-state index is 0.000466. The van der Waals surface area contributed by atoms with Crippen molar-refractivity contribution < 1.29 is 41.5 Å². The number of fused-ring (bicyclic) bond motifs is 1. The van der Waals surface area contributed by atoms with E-state index in [0.717, 1.165) is 11.3 Å². The van der Waals surface area contributed by atoms with Crippen LogP contribution in [0.4, 0.5) is 5.88 Å². The summed E-state index contributed by atoms with van der Waals surface area (Å²) >= 11 is 6.92. The molecule has 2 aromatic heterocycles. The number of benzene rings is 1. The Bertz CT molecular complexity index is 1400. The van der Waals surface area contributed by atoms with E-state index in [9.17, 15) is 18.0 Å². The number of sulfonamides is 1. The molecule has 0 unspecified atom stereocenters. The average Bonchev–Trinajstić information content (AvgIpc) is 3.55. The minimum Gasteiger partial charge on any atom is -0.492 e. The minimum atomic E-state index is -4.25. The van der Waals surface area contributed by atoms with Crippen LogP contribution in [0.15, 0.2) is 26.9 Å². The summed E-state index contributed by atoms with van der Waals surface area (Å²) in [7, 11) is -1.71. The van der Waals surface area contributed by atoms with E-state index in [2.05, 4.69) is 9.88 Å². The molecule has 3 heterocycles. The first-order chi connectivity index (χ1) is 16.2. The van der Waals surface area contributed by atoms with Gasteiger partial charge >= 0.3 is 5.97 Å². The number of hydrogen-bond donors (Lipinski definition) is 1. The summed E-state index contributed by atoms with van der Waals surface area (Å²) in [5.74, 6) is -0.973. The molecule has 1 aromatic carbocycles. The van der Waals surface area contributed by atoms with Gasteiger partial charge in [0.1, 0.15) is 15.6 Å². The lowest BCUT2D eigenvalue weighted by atomic mass is 9.99. The molecule has 0 saturated heterocycles. The zero-order chi connectivity index (χ0) is 24.6. The van der Waals surface area contributed by atoms with Gasteiger partial charge in [-0.2, -0.15) is 0 Å². The van der Waals surface area contributed by atoms with Crippen molar-refractivity contribution in [1.82, 2.24) is 5.16 Å². The van der Waals surface area contributed by atoms with Gasteiger partial charge in [-0.3, -0.25) is 4.79 Å². The van der Waals surface area contributed by atoms with Gasteiger partial charge < -0.3 is 23.5 Å². The Morgan fingerprint density at radius 1 is 1.29 bits per heavy atom. The number of carbonyl (C=O) groups is 2. The zero-order valence-corrected chi connectivity index (χ0v) is 20.4. The van der Waals surface area contributed by atoms with Crippen molar-refractivity contribution in [2.75, 3.05) is 25.7 Å². The number of Topliss-reactive ketones (excluding diaryl/α,β-unsaturated/α-hetero) is 1. The molecule has 180 valence electrons. The Morgan fingerprint density at radius 3 is 2.71 bits per heavy atom. The van der Waals surface area contributed by atoms with E-state index >= 15 is 0 Å². The third-order valence-corrected chi connectivity index (χ3v) is 7.76. The van der Waals surface area contributed by atoms with Crippen LogP contribution < -0.4 is 18.9 Å². The van der Waals surface area contributed by atoms with Crippen molar-refractivity contribution in [3.8, 4) is 17.2 Å². The van der Waals surface area contributed by atoms with E-state index < -0.39 is 21.8 Å². The number of rotatable bonds is 8. The summed E-state index contributed by atoms with van der Waals surface area (Å²) in [5.41, 5.74) is 0.494. The fourth-order valence-corrected chi connectivity index (χ4v) is 5.84. The molecule has 3 aromatic rings. The molecule has 11 nitrogen and oxygen atoms in total. The number of ether oxygens (including phenoxy) is 4. The van der Waals surface area contributed by atoms with Crippen LogP contribution in [0.1, 0.15) is 31.3 Å². The largest absolute Gasteiger partial charge is 0.492 e. The SMILES string of the molecule is COC(=O)c1cc2c(c(OC)c1CC(=O)c1sccc1S(=O)(=O)Nc1onc(C)c1Cl)OCO2. The molecule has 0 fully saturated rings. The van der Waals surface area contributed by atoms with E-state index in [4.69, 9.17) is 35.1 Å². The Balaban J connectivity index is 1.71. The summed E-state index contributed by atoms with van der Waals surface area (Å²) in [5, 5.41) is 5.05. The topological polar surface area (TPSA) is 143 Å². The molecule has 1 aliphatic rings. The lowest BCUT2D eigenvalue weighted by molar-refractivity contribution is 0.0598. The molecule has 0 amide bonds. The van der Waals surface area contributed by atoms with Crippen LogP contribution in [0.2, 0.25) is 5.02 Å². The first-order valence-electron chi connectivity index (χ1n) is 9.51. The quantitative estimate of drug-likeness (QED) is 0.341. The molecule has 34 heavy (non-hydrogen) atoms. The van der Waals surface area contributed by atoms with Crippen molar-refractivity contribution in [2.24, 2.45) is 0 Å². The molecule has 0 radical (unpaired) electrons. The van der Waals surface area contributed by atoms with Crippen LogP contribution in [-0.2, 0) is 21.2 Å². The first-order valence-corrected chi connectivity index (χ1v) is 12.2. The van der Waals surface area contributed by atoms with Gasteiger partial charge in [-0.15, -0.1) is 11.3 Å². The number of aryl methyl sites for hydroxylation is 1. The molecular weight excluding hydrogens is 512 g/mol. The smallest absolute Gasteiger partial charge is 0.338 e. The standard InChI is InChI=1S/C20H17ClN2O9S2/c1-9-15(21)19(32-22-9)23-34(26,27)14-4-5-33-18(14)12(24)6-10-11(20(25)29-3)7-13-17(16(10)28-2)31-8-30-13/h4-5,7,23H,6,8H2,1-3H3. The number of carbonyl (C=O) groups excluding carboxylic acids is 2. The molecule has 0 saturated carbocycles. The van der Waals surface area contributed by atoms with Crippen LogP contribution in [-0.4, -0.2) is 46.3 Å². The monoisotopic (exact) mass is 528 g/mol. The molecular formula is C20H17ClN2O9S2. The van der Waals surface area contributed by atoms with Crippen LogP contribution in [0, 0.1) is 6.92 Å². The molecule has 0 aliphatic carbocycles. The van der Waals surface area contributed by atoms with Crippen LogP contribution in [0.3, 0.4) is 0 Å². The molecule has 0 spiro atoms. The number of methoxy groups -OCH3 is 2. The van der Waals surface area contributed by atoms with Crippen LogP contribution >= 0.6 is 22.9 Å². The van der Waals surface area contributed by atoms with Gasteiger partial charge in [-0.05, 0) is 24.4 Å². The number of anilines is 1. The highest BCUT2D eigenvalue weighted by molar-refractivity contribution is 7.93. The second kappa shape index (κ2) is 9.16. The van der Waals surface area contributed by atoms with Gasteiger partial charge in [0.2, 0.25) is 12.5 Å². The van der Waals surface area contributed by atoms with Crippen molar-refractivity contribution in [3.63, 3.8) is 0 Å². The molecule has 0 bridgehead atoms. The predicted octanol–water partition coefficient (Wildman–Crippen LogP) is 3.45. The average molecular weight is 529 g/mol. The number of esters is 1. The summed E-state index contributed by atoms with van der Waals surface area (Å²) in [6.45, 7) is 1.45. The van der Waals surface area contributed by atoms with E-state index in [1.54, 1.807) is 6.92 Å². The van der Waals surface area contributed by atoms with Crippen LogP contribution in [0.5, 0.6) is 17.2 Å². The zero-order valence-electron chi connectivity index (χ0n) is 18.0. The Hall–Kier alpha value is -3.29. The summed E-state index contributed by atoms with van der Waals surface area (Å²) < 4.78 is 54.0.